The maximum absolute atomic E-state index is 12.8. The fourth-order valence-electron chi connectivity index (χ4n) is 4.28. The molecule has 0 aliphatic heterocycles. The van der Waals surface area contributed by atoms with Crippen molar-refractivity contribution in [3.63, 3.8) is 0 Å². The summed E-state index contributed by atoms with van der Waals surface area (Å²) in [5.41, 5.74) is 6.28. The van der Waals surface area contributed by atoms with Gasteiger partial charge in [0.2, 0.25) is 0 Å². The van der Waals surface area contributed by atoms with Crippen molar-refractivity contribution in [3.8, 4) is 17.2 Å². The van der Waals surface area contributed by atoms with Gasteiger partial charge >= 0.3 is 19.3 Å². The third-order valence-electron chi connectivity index (χ3n) is 6.03. The number of alkyl halides is 8. The molecular formula is C31H29F8NO3. The molecule has 0 spiro atoms. The Bertz CT molecular complexity index is 1320. The molecule has 0 bridgehead atoms. The van der Waals surface area contributed by atoms with Crippen LogP contribution in [0.5, 0.6) is 17.2 Å². The Hall–Kier alpha value is -4.48. The van der Waals surface area contributed by atoms with Crippen molar-refractivity contribution in [2.45, 2.75) is 44.5 Å². The van der Waals surface area contributed by atoms with Crippen LogP contribution in [0.4, 0.5) is 40.8 Å². The fourth-order valence-corrected chi connectivity index (χ4v) is 4.28. The maximum atomic E-state index is 12.8. The van der Waals surface area contributed by atoms with Gasteiger partial charge in [0.1, 0.15) is 17.2 Å². The molecule has 3 rings (SSSR count). The Labute approximate surface area is 243 Å². The summed E-state index contributed by atoms with van der Waals surface area (Å²) in [5.74, 6) is -0.772. The van der Waals surface area contributed by atoms with Crippen molar-refractivity contribution < 1.29 is 49.3 Å². The van der Waals surface area contributed by atoms with Crippen LogP contribution in [0.15, 0.2) is 110 Å². The van der Waals surface area contributed by atoms with E-state index in [4.69, 9.17) is 5.73 Å². The minimum Gasteiger partial charge on any atom is -0.435 e. The van der Waals surface area contributed by atoms with Crippen LogP contribution in [-0.2, 0) is 5.41 Å². The van der Waals surface area contributed by atoms with Gasteiger partial charge in [-0.2, -0.15) is 8.78 Å². The first-order valence-corrected chi connectivity index (χ1v) is 12.6. The molecule has 2 N–H and O–H groups in total. The van der Waals surface area contributed by atoms with Crippen molar-refractivity contribution in [2.24, 2.45) is 0 Å². The Morgan fingerprint density at radius 1 is 0.791 bits per heavy atom. The number of benzene rings is 3. The molecule has 43 heavy (non-hydrogen) atoms. The highest BCUT2D eigenvalue weighted by molar-refractivity contribution is 5.47. The summed E-state index contributed by atoms with van der Waals surface area (Å²) in [6.45, 7) is 6.40. The Balaban J connectivity index is 0.000000490. The lowest BCUT2D eigenvalue weighted by Gasteiger charge is -2.35. The molecule has 0 radical (unpaired) electrons. The van der Waals surface area contributed by atoms with E-state index < -0.39 is 36.3 Å². The number of hydrogen-bond donors (Lipinski definition) is 1. The van der Waals surface area contributed by atoms with Crippen LogP contribution >= 0.6 is 0 Å². The summed E-state index contributed by atoms with van der Waals surface area (Å²) in [6.07, 6.45) is -4.40. The van der Waals surface area contributed by atoms with E-state index in [2.05, 4.69) is 27.4 Å². The third-order valence-corrected chi connectivity index (χ3v) is 6.03. The van der Waals surface area contributed by atoms with Gasteiger partial charge in [0.25, 0.3) is 0 Å². The highest BCUT2D eigenvalue weighted by atomic mass is 19.4. The van der Waals surface area contributed by atoms with E-state index in [1.165, 1.54) is 42.5 Å². The lowest BCUT2D eigenvalue weighted by molar-refractivity contribution is -0.275. The minimum atomic E-state index is -4.89. The van der Waals surface area contributed by atoms with E-state index >= 15 is 0 Å². The van der Waals surface area contributed by atoms with E-state index in [9.17, 15) is 35.1 Å². The predicted octanol–water partition coefficient (Wildman–Crippen LogP) is 9.74. The third kappa shape index (κ3) is 11.4. The number of rotatable bonds is 11. The van der Waals surface area contributed by atoms with Crippen molar-refractivity contribution in [1.82, 2.24) is 0 Å². The summed E-state index contributed by atoms with van der Waals surface area (Å²) >= 11 is 0. The van der Waals surface area contributed by atoms with Crippen LogP contribution in [0.2, 0.25) is 0 Å². The molecule has 0 aliphatic carbocycles. The molecule has 0 aromatic heterocycles. The second kappa shape index (κ2) is 15.1. The zero-order valence-electron chi connectivity index (χ0n) is 22.9. The number of halogens is 8. The summed E-state index contributed by atoms with van der Waals surface area (Å²) in [4.78, 5) is 0. The second-order valence-corrected chi connectivity index (χ2v) is 8.90. The molecule has 0 amide bonds. The summed E-state index contributed by atoms with van der Waals surface area (Å²) in [7, 11) is 0. The molecule has 0 heterocycles. The van der Waals surface area contributed by atoms with Crippen molar-refractivity contribution in [1.29, 1.82) is 0 Å². The molecule has 0 atom stereocenters. The van der Waals surface area contributed by atoms with E-state index in [1.807, 2.05) is 0 Å². The average molecular weight is 616 g/mol. The smallest absolute Gasteiger partial charge is 0.435 e. The SMILES string of the molecule is C=C/C=C(\C=C)CC(CC)(c1cccc(OC(F)(F)F)c1)c1cccc(OC(F)(F)F)c1.Nc1cccc(OC(F)F)c1. The lowest BCUT2D eigenvalue weighted by Crippen LogP contribution is -2.28. The molecule has 232 valence electrons. The summed E-state index contributed by atoms with van der Waals surface area (Å²) in [6, 6.07) is 16.7. The first-order chi connectivity index (χ1) is 20.1. The van der Waals surface area contributed by atoms with E-state index in [0.717, 1.165) is 12.1 Å². The molecule has 0 saturated heterocycles. The molecule has 3 aromatic rings. The summed E-state index contributed by atoms with van der Waals surface area (Å²) in [5, 5.41) is 0. The van der Waals surface area contributed by atoms with Crippen LogP contribution in [-0.4, -0.2) is 19.3 Å². The van der Waals surface area contributed by atoms with Gasteiger partial charge in [-0.05, 0) is 65.9 Å². The lowest BCUT2D eigenvalue weighted by atomic mass is 9.68. The number of hydrogen-bond acceptors (Lipinski definition) is 4. The molecular weight excluding hydrogens is 586 g/mol. The van der Waals surface area contributed by atoms with E-state index in [0.29, 0.717) is 28.8 Å². The van der Waals surface area contributed by atoms with Gasteiger partial charge in [0, 0.05) is 17.2 Å². The predicted molar refractivity (Wildman–Crippen MR) is 148 cm³/mol. The normalized spacial score (nSPS) is 12.2. The number of nitrogens with two attached hydrogens (primary N) is 1. The fraction of sp³-hybridized carbons (Fsp3) is 0.226. The minimum absolute atomic E-state index is 0.0833. The van der Waals surface area contributed by atoms with Crippen molar-refractivity contribution in [3.05, 3.63) is 121 Å². The summed E-state index contributed by atoms with van der Waals surface area (Å²) < 4.78 is 112. The highest BCUT2D eigenvalue weighted by Gasteiger charge is 2.37. The average Bonchev–Trinajstić information content (AvgIpc) is 2.89. The van der Waals surface area contributed by atoms with Gasteiger partial charge in [-0.3, -0.25) is 0 Å². The first-order valence-electron chi connectivity index (χ1n) is 12.6. The Morgan fingerprint density at radius 2 is 1.28 bits per heavy atom. The largest absolute Gasteiger partial charge is 0.573 e. The standard InChI is InChI=1S/C24H22F6O2.C7H7F2NO/c1-4-9-17(5-2)16-22(6-3,18-10-7-12-20(14-18)31-23(25,26)27)19-11-8-13-21(15-19)32-24(28,29)30;8-7(9)11-6-3-1-2-5(10)4-6/h4-5,7-15H,1-2,6,16H2,3H3;1-4,7H,10H2/b17-9+;. The second-order valence-electron chi connectivity index (χ2n) is 8.90. The maximum Gasteiger partial charge on any atom is 0.573 e. The number of allylic oxidation sites excluding steroid dienone is 4. The molecule has 0 saturated carbocycles. The van der Waals surface area contributed by atoms with Crippen LogP contribution in [0.1, 0.15) is 30.9 Å². The van der Waals surface area contributed by atoms with Gasteiger partial charge in [-0.1, -0.05) is 68.6 Å². The zero-order chi connectivity index (χ0) is 32.3. The highest BCUT2D eigenvalue weighted by Crippen LogP contribution is 2.44. The molecule has 0 aliphatic rings. The van der Waals surface area contributed by atoms with Crippen LogP contribution in [0.25, 0.3) is 0 Å². The van der Waals surface area contributed by atoms with Crippen molar-refractivity contribution in [2.75, 3.05) is 5.73 Å². The van der Waals surface area contributed by atoms with Gasteiger partial charge < -0.3 is 19.9 Å². The van der Waals surface area contributed by atoms with Crippen LogP contribution in [0.3, 0.4) is 0 Å². The monoisotopic (exact) mass is 615 g/mol. The molecule has 4 nitrogen and oxygen atoms in total. The van der Waals surface area contributed by atoms with Crippen LogP contribution < -0.4 is 19.9 Å². The first kappa shape index (κ1) is 34.7. The number of nitrogen functional groups attached to an aromatic ring is 1. The van der Waals surface area contributed by atoms with Crippen LogP contribution in [0, 0.1) is 0 Å². The number of ether oxygens (including phenoxy) is 3. The van der Waals surface area contributed by atoms with Gasteiger partial charge in [0.05, 0.1) is 0 Å². The molecule has 12 heteroatoms. The van der Waals surface area contributed by atoms with Gasteiger partial charge in [-0.25, -0.2) is 0 Å². The van der Waals surface area contributed by atoms with Gasteiger partial charge in [0.15, 0.2) is 0 Å². The van der Waals surface area contributed by atoms with Crippen molar-refractivity contribution >= 4 is 5.69 Å². The Kier molecular flexibility index (Phi) is 12.2. The van der Waals surface area contributed by atoms with E-state index in [-0.39, 0.29) is 12.2 Å². The van der Waals surface area contributed by atoms with Gasteiger partial charge in [-0.15, -0.1) is 26.3 Å². The zero-order valence-corrected chi connectivity index (χ0v) is 22.9. The quantitative estimate of drug-likeness (QED) is 0.133. The number of anilines is 1. The Morgan fingerprint density at radius 3 is 1.67 bits per heavy atom. The molecule has 3 aromatic carbocycles. The molecule has 0 unspecified atom stereocenters. The topological polar surface area (TPSA) is 53.7 Å². The molecule has 0 fully saturated rings. The van der Waals surface area contributed by atoms with E-state index in [1.54, 1.807) is 43.3 Å².